The van der Waals surface area contributed by atoms with Crippen LogP contribution in [-0.2, 0) is 9.53 Å². The summed E-state index contributed by atoms with van der Waals surface area (Å²) in [4.78, 5) is 13.6. The van der Waals surface area contributed by atoms with E-state index in [9.17, 15) is 4.79 Å². The van der Waals surface area contributed by atoms with E-state index < -0.39 is 5.60 Å². The van der Waals surface area contributed by atoms with E-state index in [1.807, 2.05) is 41.5 Å². The van der Waals surface area contributed by atoms with Gasteiger partial charge in [-0.2, -0.15) is 0 Å². The molecule has 0 heterocycles. The van der Waals surface area contributed by atoms with E-state index in [1.54, 1.807) is 0 Å². The van der Waals surface area contributed by atoms with Gasteiger partial charge in [0.05, 0.1) is 5.92 Å². The van der Waals surface area contributed by atoms with E-state index in [0.29, 0.717) is 5.41 Å². The molecule has 38 heavy (non-hydrogen) atoms. The molecule has 0 aromatic carbocycles. The van der Waals surface area contributed by atoms with Gasteiger partial charge in [-0.15, -0.1) is 0 Å². The first kappa shape index (κ1) is 44.5. The number of hydrogen-bond donors (Lipinski definition) is 0. The van der Waals surface area contributed by atoms with Crippen LogP contribution < -0.4 is 0 Å². The maximum Gasteiger partial charge on any atom is 0.309 e. The van der Waals surface area contributed by atoms with Crippen molar-refractivity contribution in [2.75, 3.05) is 0 Å². The maximum atomic E-state index is 13.6. The van der Waals surface area contributed by atoms with Gasteiger partial charge in [0.2, 0.25) is 0 Å². The molecule has 0 aliphatic rings. The van der Waals surface area contributed by atoms with E-state index in [1.165, 1.54) is 0 Å². The van der Waals surface area contributed by atoms with Crippen LogP contribution in [0, 0.1) is 33.0 Å². The van der Waals surface area contributed by atoms with Gasteiger partial charge in [0.15, 0.2) is 0 Å². The largest absolute Gasteiger partial charge is 0.459 e. The minimum Gasteiger partial charge on any atom is -0.459 e. The molecule has 234 valence electrons. The van der Waals surface area contributed by atoms with E-state index in [-0.39, 0.29) is 33.5 Å². The molecule has 0 aliphatic heterocycles. The molecule has 1 unspecified atom stereocenters. The third kappa shape index (κ3) is 25.7. The molecular weight excluding hydrogens is 464 g/mol. The van der Waals surface area contributed by atoms with Gasteiger partial charge in [-0.1, -0.05) is 138 Å². The van der Waals surface area contributed by atoms with Crippen molar-refractivity contribution in [3.05, 3.63) is 0 Å². The Hall–Kier alpha value is -0.530. The monoisotopic (exact) mass is 543 g/mol. The SMILES string of the molecule is CC.CC.CC.CCC(C)(C)CC(C)(C)OC(=O)C(CCC(C)(C)CC(C)(C)C)CC(C)(C)CC(C)(C)C. The molecule has 2 heteroatoms. The Labute approximate surface area is 244 Å². The molecule has 0 N–H and O–H groups in total. The van der Waals surface area contributed by atoms with Gasteiger partial charge in [-0.05, 0) is 79.4 Å². The molecule has 0 fully saturated rings. The van der Waals surface area contributed by atoms with Crippen LogP contribution >= 0.6 is 0 Å². The summed E-state index contributed by atoms with van der Waals surface area (Å²) in [6, 6.07) is 0. The van der Waals surface area contributed by atoms with Crippen molar-refractivity contribution < 1.29 is 9.53 Å². The average Bonchev–Trinajstić information content (AvgIpc) is 2.71. The highest BCUT2D eigenvalue weighted by Gasteiger charge is 2.37. The van der Waals surface area contributed by atoms with E-state index in [2.05, 4.69) is 104 Å². The van der Waals surface area contributed by atoms with Crippen molar-refractivity contribution in [1.29, 1.82) is 0 Å². The van der Waals surface area contributed by atoms with Gasteiger partial charge in [0, 0.05) is 0 Å². The van der Waals surface area contributed by atoms with Gasteiger partial charge in [-0.25, -0.2) is 0 Å². The number of carbonyl (C=O) groups is 1. The standard InChI is InChI=1S/C30H60O2.3C2H6/c1-16-27(8,9)22-30(14,15)32-24(31)23(19-29(12,13)21-26(5,6)7)17-18-28(10,11)20-25(2,3)4;3*1-2/h23H,16-22H2,1-15H3;3*1-2H3. The first-order valence-corrected chi connectivity index (χ1v) is 16.1. The summed E-state index contributed by atoms with van der Waals surface area (Å²) in [6.45, 7) is 46.1. The molecule has 0 saturated heterocycles. The molecule has 0 aromatic rings. The predicted molar refractivity (Wildman–Crippen MR) is 176 cm³/mol. The van der Waals surface area contributed by atoms with Crippen molar-refractivity contribution >= 4 is 5.97 Å². The highest BCUT2D eigenvalue weighted by Crippen LogP contribution is 2.43. The topological polar surface area (TPSA) is 26.3 Å². The number of rotatable bonds is 12. The van der Waals surface area contributed by atoms with Crippen molar-refractivity contribution in [2.24, 2.45) is 33.0 Å². The van der Waals surface area contributed by atoms with Gasteiger partial charge in [0.1, 0.15) is 5.60 Å². The quantitative estimate of drug-likeness (QED) is 0.229. The molecule has 0 rings (SSSR count). The number of ether oxygens (including phenoxy) is 1. The van der Waals surface area contributed by atoms with Gasteiger partial charge in [0.25, 0.3) is 0 Å². The molecular formula is C36H78O2. The third-order valence-electron chi connectivity index (χ3n) is 6.56. The summed E-state index contributed by atoms with van der Waals surface area (Å²) < 4.78 is 6.24. The molecule has 1 atom stereocenters. The summed E-state index contributed by atoms with van der Waals surface area (Å²) in [7, 11) is 0. The second kappa shape index (κ2) is 18.7. The van der Waals surface area contributed by atoms with E-state index in [4.69, 9.17) is 4.74 Å². The molecule has 0 aromatic heterocycles. The van der Waals surface area contributed by atoms with Gasteiger partial charge < -0.3 is 4.74 Å². The second-order valence-corrected chi connectivity index (χ2v) is 16.1. The number of carbonyl (C=O) groups excluding carboxylic acids is 1. The highest BCUT2D eigenvalue weighted by molar-refractivity contribution is 5.73. The minimum atomic E-state index is -0.441. The van der Waals surface area contributed by atoms with E-state index in [0.717, 1.165) is 44.9 Å². The molecule has 0 aliphatic carbocycles. The first-order valence-electron chi connectivity index (χ1n) is 16.1. The molecule has 0 spiro atoms. The van der Waals surface area contributed by atoms with Crippen LogP contribution in [0.15, 0.2) is 0 Å². The lowest BCUT2D eigenvalue weighted by atomic mass is 9.69. The van der Waals surface area contributed by atoms with Crippen LogP contribution in [0.1, 0.15) is 190 Å². The lowest BCUT2D eigenvalue weighted by molar-refractivity contribution is -0.166. The fourth-order valence-electron chi connectivity index (χ4n) is 6.24. The zero-order valence-electron chi connectivity index (χ0n) is 30.8. The highest BCUT2D eigenvalue weighted by atomic mass is 16.6. The number of esters is 1. The lowest BCUT2D eigenvalue weighted by Crippen LogP contribution is -2.37. The summed E-state index contributed by atoms with van der Waals surface area (Å²) in [5, 5.41) is 0. The van der Waals surface area contributed by atoms with Crippen LogP contribution in [0.4, 0.5) is 0 Å². The zero-order chi connectivity index (χ0) is 31.8. The Morgan fingerprint density at radius 1 is 0.579 bits per heavy atom. The molecule has 0 saturated carbocycles. The minimum absolute atomic E-state index is 0.00967. The van der Waals surface area contributed by atoms with Crippen LogP contribution in [-0.4, -0.2) is 11.6 Å². The fourth-order valence-corrected chi connectivity index (χ4v) is 6.24. The van der Waals surface area contributed by atoms with Crippen molar-refractivity contribution in [3.8, 4) is 0 Å². The van der Waals surface area contributed by atoms with Crippen LogP contribution in [0.25, 0.3) is 0 Å². The molecule has 0 bridgehead atoms. The maximum absolute atomic E-state index is 13.6. The molecule has 0 radical (unpaired) electrons. The smallest absolute Gasteiger partial charge is 0.309 e. The van der Waals surface area contributed by atoms with Crippen LogP contribution in [0.3, 0.4) is 0 Å². The Morgan fingerprint density at radius 2 is 0.947 bits per heavy atom. The summed E-state index contributed by atoms with van der Waals surface area (Å²) in [5.41, 5.74) is 0.573. The normalized spacial score (nSPS) is 13.6. The predicted octanol–water partition coefficient (Wildman–Crippen LogP) is 12.9. The Bertz CT molecular complexity index is 579. The van der Waals surface area contributed by atoms with Crippen LogP contribution in [0.2, 0.25) is 0 Å². The lowest BCUT2D eigenvalue weighted by Gasteiger charge is -2.39. The summed E-state index contributed by atoms with van der Waals surface area (Å²) >= 11 is 0. The van der Waals surface area contributed by atoms with Gasteiger partial charge >= 0.3 is 5.97 Å². The summed E-state index contributed by atoms with van der Waals surface area (Å²) in [6.07, 6.45) is 7.07. The molecule has 0 amide bonds. The summed E-state index contributed by atoms with van der Waals surface area (Å²) in [5.74, 6) is -0.0361. The molecule has 2 nitrogen and oxygen atoms in total. The van der Waals surface area contributed by atoms with Crippen molar-refractivity contribution in [1.82, 2.24) is 0 Å². The fraction of sp³-hybridized carbons (Fsp3) is 0.972. The average molecular weight is 543 g/mol. The second-order valence-electron chi connectivity index (χ2n) is 16.1. The number of hydrogen-bond acceptors (Lipinski definition) is 2. The Kier molecular flexibility index (Phi) is 21.9. The van der Waals surface area contributed by atoms with Crippen molar-refractivity contribution in [3.63, 3.8) is 0 Å². The van der Waals surface area contributed by atoms with E-state index >= 15 is 0 Å². The third-order valence-corrected chi connectivity index (χ3v) is 6.56. The Morgan fingerprint density at radius 3 is 1.29 bits per heavy atom. The van der Waals surface area contributed by atoms with Crippen LogP contribution in [0.5, 0.6) is 0 Å². The van der Waals surface area contributed by atoms with Crippen molar-refractivity contribution in [2.45, 2.75) is 196 Å². The zero-order valence-corrected chi connectivity index (χ0v) is 30.8. The first-order chi connectivity index (χ1) is 16.9. The van der Waals surface area contributed by atoms with Gasteiger partial charge in [-0.3, -0.25) is 4.79 Å². The Balaban J connectivity index is -0.000000892.